The van der Waals surface area contributed by atoms with Crippen molar-refractivity contribution in [3.63, 3.8) is 0 Å². The van der Waals surface area contributed by atoms with Crippen LogP contribution in [-0.2, 0) is 10.0 Å². The number of sulfonamides is 1. The molecule has 1 aliphatic carbocycles. The minimum atomic E-state index is -3.15. The van der Waals surface area contributed by atoms with E-state index < -0.39 is 10.0 Å². The lowest BCUT2D eigenvalue weighted by Crippen LogP contribution is -2.41. The van der Waals surface area contributed by atoms with Crippen molar-refractivity contribution >= 4 is 10.0 Å². The second-order valence-electron chi connectivity index (χ2n) is 7.13. The van der Waals surface area contributed by atoms with Crippen LogP contribution in [0.15, 0.2) is 24.3 Å². The summed E-state index contributed by atoms with van der Waals surface area (Å²) in [6, 6.07) is 8.11. The van der Waals surface area contributed by atoms with Crippen molar-refractivity contribution in [1.82, 2.24) is 4.31 Å². The predicted octanol–water partition coefficient (Wildman–Crippen LogP) is 3.93. The van der Waals surface area contributed by atoms with Crippen LogP contribution in [0.1, 0.15) is 62.8 Å². The minimum absolute atomic E-state index is 0.152. The number of nitrogens with zero attached hydrogens (tertiary/aromatic N) is 1. The third-order valence-corrected chi connectivity index (χ3v) is 7.92. The largest absolute Gasteiger partial charge is 0.497 e. The summed E-state index contributed by atoms with van der Waals surface area (Å²) >= 11 is 0. The Morgan fingerprint density at radius 2 is 1.62 bits per heavy atom. The molecule has 1 atom stereocenters. The smallest absolute Gasteiger partial charge is 0.216 e. The Morgan fingerprint density at radius 1 is 0.958 bits per heavy atom. The normalized spacial score (nSPS) is 24.5. The molecule has 2 fully saturated rings. The van der Waals surface area contributed by atoms with E-state index in [1.807, 2.05) is 12.1 Å². The van der Waals surface area contributed by atoms with Gasteiger partial charge in [0.1, 0.15) is 5.75 Å². The molecule has 4 nitrogen and oxygen atoms in total. The summed E-state index contributed by atoms with van der Waals surface area (Å²) < 4.78 is 33.2. The third-order valence-electron chi connectivity index (χ3n) is 5.55. The molecular weight excluding hydrogens is 322 g/mol. The highest BCUT2D eigenvalue weighted by atomic mass is 32.2. The van der Waals surface area contributed by atoms with Gasteiger partial charge in [0.2, 0.25) is 10.0 Å². The number of hydrogen-bond donors (Lipinski definition) is 0. The summed E-state index contributed by atoms with van der Waals surface area (Å²) in [6.45, 7) is 1.32. The van der Waals surface area contributed by atoms with Gasteiger partial charge in [-0.3, -0.25) is 0 Å². The van der Waals surface area contributed by atoms with E-state index in [-0.39, 0.29) is 11.2 Å². The van der Waals surface area contributed by atoms with E-state index in [1.54, 1.807) is 11.4 Å². The van der Waals surface area contributed by atoms with Gasteiger partial charge in [-0.25, -0.2) is 12.7 Å². The lowest BCUT2D eigenvalue weighted by atomic mass is 9.94. The Hall–Kier alpha value is -1.07. The van der Waals surface area contributed by atoms with Gasteiger partial charge < -0.3 is 4.74 Å². The molecule has 1 saturated carbocycles. The number of methoxy groups -OCH3 is 1. The van der Waals surface area contributed by atoms with E-state index in [1.165, 1.54) is 12.0 Å². The number of ether oxygens (including phenoxy) is 1. The topological polar surface area (TPSA) is 46.6 Å². The molecule has 2 aliphatic rings. The predicted molar refractivity (Wildman–Crippen MR) is 97.0 cm³/mol. The summed E-state index contributed by atoms with van der Waals surface area (Å²) in [6.07, 6.45) is 8.09. The van der Waals surface area contributed by atoms with Gasteiger partial charge in [-0.15, -0.1) is 0 Å². The van der Waals surface area contributed by atoms with Gasteiger partial charge in [-0.1, -0.05) is 37.8 Å². The molecule has 0 bridgehead atoms. The molecule has 1 heterocycles. The molecule has 0 spiro atoms. The standard InChI is InChI=1S/C19H29NO3S/c1-23-18-12-10-16(11-13-18)17-7-5-6-14-20(15-17)24(21,22)19-8-3-2-4-9-19/h10-13,17,19H,2-9,14-15H2,1H3. The maximum Gasteiger partial charge on any atom is 0.216 e. The van der Waals surface area contributed by atoms with Gasteiger partial charge in [0, 0.05) is 13.1 Å². The van der Waals surface area contributed by atoms with Crippen molar-refractivity contribution in [2.75, 3.05) is 20.2 Å². The summed E-state index contributed by atoms with van der Waals surface area (Å²) in [5, 5.41) is -0.152. The summed E-state index contributed by atoms with van der Waals surface area (Å²) in [4.78, 5) is 0. The van der Waals surface area contributed by atoms with Crippen LogP contribution in [0.5, 0.6) is 5.75 Å². The molecule has 1 aromatic rings. The molecular formula is C19H29NO3S. The van der Waals surface area contributed by atoms with Crippen LogP contribution in [0.25, 0.3) is 0 Å². The first-order chi connectivity index (χ1) is 11.6. The Balaban J connectivity index is 1.76. The van der Waals surface area contributed by atoms with Crippen LogP contribution < -0.4 is 4.74 Å². The first-order valence-corrected chi connectivity index (χ1v) is 10.7. The fourth-order valence-electron chi connectivity index (χ4n) is 4.06. The Bertz CT molecular complexity index is 621. The summed E-state index contributed by atoms with van der Waals surface area (Å²) in [5.41, 5.74) is 1.22. The van der Waals surface area contributed by atoms with Crippen LogP contribution >= 0.6 is 0 Å². The quantitative estimate of drug-likeness (QED) is 0.826. The van der Waals surface area contributed by atoms with Gasteiger partial charge in [-0.05, 0) is 49.3 Å². The van der Waals surface area contributed by atoms with Crippen molar-refractivity contribution in [3.05, 3.63) is 29.8 Å². The van der Waals surface area contributed by atoms with Crippen LogP contribution in [0.2, 0.25) is 0 Å². The zero-order chi connectivity index (χ0) is 17.0. The molecule has 0 N–H and O–H groups in total. The van der Waals surface area contributed by atoms with Crippen molar-refractivity contribution < 1.29 is 13.2 Å². The fraction of sp³-hybridized carbons (Fsp3) is 0.684. The van der Waals surface area contributed by atoms with E-state index in [9.17, 15) is 8.42 Å². The average molecular weight is 352 g/mol. The van der Waals surface area contributed by atoms with Crippen LogP contribution in [0.3, 0.4) is 0 Å². The maximum atomic E-state index is 13.1. The molecule has 0 amide bonds. The molecule has 1 unspecified atom stereocenters. The fourth-order valence-corrected chi connectivity index (χ4v) is 6.18. The second kappa shape index (κ2) is 7.87. The SMILES string of the molecule is COc1ccc(C2CCCCN(S(=O)(=O)C3CCCCC3)C2)cc1. The lowest BCUT2D eigenvalue weighted by Gasteiger charge is -2.30. The highest BCUT2D eigenvalue weighted by Gasteiger charge is 2.35. The van der Waals surface area contributed by atoms with E-state index in [2.05, 4.69) is 12.1 Å². The molecule has 24 heavy (non-hydrogen) atoms. The molecule has 5 heteroatoms. The number of benzene rings is 1. The zero-order valence-electron chi connectivity index (χ0n) is 14.6. The molecule has 0 aromatic heterocycles. The van der Waals surface area contributed by atoms with Gasteiger partial charge in [0.25, 0.3) is 0 Å². The minimum Gasteiger partial charge on any atom is -0.497 e. The average Bonchev–Trinajstić information content (AvgIpc) is 2.89. The Morgan fingerprint density at radius 3 is 2.29 bits per heavy atom. The maximum absolute atomic E-state index is 13.1. The highest BCUT2D eigenvalue weighted by molar-refractivity contribution is 7.89. The molecule has 134 valence electrons. The lowest BCUT2D eigenvalue weighted by molar-refractivity contribution is 0.383. The van der Waals surface area contributed by atoms with E-state index in [0.29, 0.717) is 13.1 Å². The molecule has 1 aromatic carbocycles. The third kappa shape index (κ3) is 3.94. The molecule has 0 radical (unpaired) electrons. The Kier molecular flexibility index (Phi) is 5.82. The van der Waals surface area contributed by atoms with Crippen molar-refractivity contribution in [1.29, 1.82) is 0 Å². The first kappa shape index (κ1) is 17.7. The highest BCUT2D eigenvalue weighted by Crippen LogP contribution is 2.32. The summed E-state index contributed by atoms with van der Waals surface area (Å²) in [7, 11) is -1.49. The monoisotopic (exact) mass is 351 g/mol. The van der Waals surface area contributed by atoms with Gasteiger partial charge in [0.05, 0.1) is 12.4 Å². The first-order valence-electron chi connectivity index (χ1n) is 9.24. The van der Waals surface area contributed by atoms with Crippen molar-refractivity contribution in [3.8, 4) is 5.75 Å². The van der Waals surface area contributed by atoms with Crippen molar-refractivity contribution in [2.24, 2.45) is 0 Å². The van der Waals surface area contributed by atoms with Crippen LogP contribution in [0, 0.1) is 0 Å². The second-order valence-corrected chi connectivity index (χ2v) is 9.34. The summed E-state index contributed by atoms with van der Waals surface area (Å²) in [5.74, 6) is 1.14. The van der Waals surface area contributed by atoms with Crippen LogP contribution in [0.4, 0.5) is 0 Å². The van der Waals surface area contributed by atoms with Gasteiger partial charge in [-0.2, -0.15) is 0 Å². The molecule has 1 aliphatic heterocycles. The Labute approximate surface area is 146 Å². The van der Waals surface area contributed by atoms with Crippen LogP contribution in [-0.4, -0.2) is 38.2 Å². The molecule has 3 rings (SSSR count). The van der Waals surface area contributed by atoms with Gasteiger partial charge in [0.15, 0.2) is 0 Å². The molecule has 1 saturated heterocycles. The number of rotatable bonds is 4. The van der Waals surface area contributed by atoms with Gasteiger partial charge >= 0.3 is 0 Å². The van der Waals surface area contributed by atoms with E-state index in [0.717, 1.165) is 50.7 Å². The number of hydrogen-bond acceptors (Lipinski definition) is 3. The van der Waals surface area contributed by atoms with Crippen molar-refractivity contribution in [2.45, 2.75) is 62.5 Å². The van der Waals surface area contributed by atoms with E-state index >= 15 is 0 Å². The zero-order valence-corrected chi connectivity index (χ0v) is 15.4. The van der Waals surface area contributed by atoms with E-state index in [4.69, 9.17) is 4.74 Å².